The van der Waals surface area contributed by atoms with Crippen molar-refractivity contribution in [3.8, 4) is 0 Å². The van der Waals surface area contributed by atoms with Crippen LogP contribution >= 0.6 is 0 Å². The van der Waals surface area contributed by atoms with Crippen LogP contribution in [-0.2, 0) is 14.3 Å². The monoisotopic (exact) mass is 280 g/mol. The predicted molar refractivity (Wildman–Crippen MR) is 73.8 cm³/mol. The van der Waals surface area contributed by atoms with Crippen molar-refractivity contribution in [2.24, 2.45) is 11.3 Å². The van der Waals surface area contributed by atoms with Crippen molar-refractivity contribution >= 4 is 5.97 Å². The minimum atomic E-state index is -1.04. The van der Waals surface area contributed by atoms with Gasteiger partial charge in [0.1, 0.15) is 0 Å². The molecule has 0 bridgehead atoms. The molecule has 0 saturated heterocycles. The lowest BCUT2D eigenvalue weighted by atomic mass is 9.51. The fraction of sp³-hybridized carbons (Fsp3) is 0.812. The van der Waals surface area contributed by atoms with Crippen molar-refractivity contribution in [3.63, 3.8) is 0 Å². The van der Waals surface area contributed by atoms with Gasteiger partial charge in [0, 0.05) is 30.1 Å². The third kappa shape index (κ3) is 1.52. The Balaban J connectivity index is 2.11. The molecular weight excluding hydrogens is 256 g/mol. The van der Waals surface area contributed by atoms with Crippen LogP contribution in [0.15, 0.2) is 11.1 Å². The molecule has 0 aromatic carbocycles. The van der Waals surface area contributed by atoms with Crippen molar-refractivity contribution in [2.75, 3.05) is 7.11 Å². The van der Waals surface area contributed by atoms with Gasteiger partial charge in [-0.2, -0.15) is 0 Å². The Morgan fingerprint density at radius 2 is 2.15 bits per heavy atom. The van der Waals surface area contributed by atoms with Crippen LogP contribution < -0.4 is 0 Å². The summed E-state index contributed by atoms with van der Waals surface area (Å²) < 4.78 is 11.1. The van der Waals surface area contributed by atoms with Crippen molar-refractivity contribution in [1.29, 1.82) is 0 Å². The highest BCUT2D eigenvalue weighted by Crippen LogP contribution is 2.62. The van der Waals surface area contributed by atoms with E-state index in [1.807, 2.05) is 0 Å². The summed E-state index contributed by atoms with van der Waals surface area (Å²) in [4.78, 5) is 12.0. The van der Waals surface area contributed by atoms with Gasteiger partial charge in [-0.3, -0.25) is 0 Å². The number of esters is 1. The highest BCUT2D eigenvalue weighted by Gasteiger charge is 2.65. The lowest BCUT2D eigenvalue weighted by molar-refractivity contribution is -0.257. The molecule has 0 amide bonds. The molecule has 1 N–H and O–H groups in total. The summed E-state index contributed by atoms with van der Waals surface area (Å²) in [6.07, 6.45) is 3.92. The van der Waals surface area contributed by atoms with E-state index in [9.17, 15) is 9.90 Å². The van der Waals surface area contributed by atoms with Gasteiger partial charge in [0.25, 0.3) is 0 Å². The normalized spacial score (nSPS) is 47.9. The summed E-state index contributed by atoms with van der Waals surface area (Å²) in [6, 6.07) is 0. The second-order valence-corrected chi connectivity index (χ2v) is 7.05. The van der Waals surface area contributed by atoms with Crippen LogP contribution in [0.3, 0.4) is 0 Å². The SMILES string of the molecule is CO[C@]12C[C@@]3(O)CCC[C@H](C)[C@@]3(C)CC1=C(C)C(=O)O2. The van der Waals surface area contributed by atoms with E-state index in [1.54, 1.807) is 14.0 Å². The third-order valence-corrected chi connectivity index (χ3v) is 6.25. The van der Waals surface area contributed by atoms with Gasteiger partial charge in [-0.25, -0.2) is 4.79 Å². The molecule has 0 spiro atoms. The molecule has 1 heterocycles. The maximum Gasteiger partial charge on any atom is 0.336 e. The molecule has 20 heavy (non-hydrogen) atoms. The summed E-state index contributed by atoms with van der Waals surface area (Å²) in [7, 11) is 1.56. The summed E-state index contributed by atoms with van der Waals surface area (Å²) in [6.45, 7) is 6.16. The molecule has 4 nitrogen and oxygen atoms in total. The lowest BCUT2D eigenvalue weighted by Gasteiger charge is -2.58. The van der Waals surface area contributed by atoms with E-state index >= 15 is 0 Å². The zero-order valence-electron chi connectivity index (χ0n) is 12.8. The zero-order chi connectivity index (χ0) is 14.8. The first-order valence-corrected chi connectivity index (χ1v) is 7.49. The van der Waals surface area contributed by atoms with E-state index in [0.717, 1.165) is 24.8 Å². The van der Waals surface area contributed by atoms with Gasteiger partial charge in [-0.1, -0.05) is 20.3 Å². The molecule has 0 aromatic heterocycles. The van der Waals surface area contributed by atoms with Crippen LogP contribution in [0.5, 0.6) is 0 Å². The first-order valence-electron chi connectivity index (χ1n) is 7.49. The van der Waals surface area contributed by atoms with Crippen LogP contribution in [0.4, 0.5) is 0 Å². The summed E-state index contributed by atoms with van der Waals surface area (Å²) in [5, 5.41) is 11.2. The van der Waals surface area contributed by atoms with Crippen LogP contribution in [0, 0.1) is 11.3 Å². The number of fused-ring (bicyclic) bond motifs is 2. The average molecular weight is 280 g/mol. The van der Waals surface area contributed by atoms with Gasteiger partial charge in [-0.05, 0) is 32.1 Å². The highest BCUT2D eigenvalue weighted by atomic mass is 16.7. The molecule has 2 saturated carbocycles. The quantitative estimate of drug-likeness (QED) is 0.750. The van der Waals surface area contributed by atoms with Gasteiger partial charge in [0.15, 0.2) is 0 Å². The topological polar surface area (TPSA) is 55.8 Å². The molecule has 1 aliphatic heterocycles. The summed E-state index contributed by atoms with van der Waals surface area (Å²) >= 11 is 0. The second kappa shape index (κ2) is 4.08. The van der Waals surface area contributed by atoms with E-state index < -0.39 is 11.4 Å². The molecule has 2 aliphatic carbocycles. The molecular formula is C16H24O4. The summed E-state index contributed by atoms with van der Waals surface area (Å²) in [5.41, 5.74) is 0.561. The average Bonchev–Trinajstić information content (AvgIpc) is 2.62. The van der Waals surface area contributed by atoms with Crippen molar-refractivity contribution < 1.29 is 19.4 Å². The number of hydrogen-bond donors (Lipinski definition) is 1. The molecule has 0 unspecified atom stereocenters. The fourth-order valence-electron chi connectivity index (χ4n) is 4.49. The minimum Gasteiger partial charge on any atom is -0.425 e. The number of methoxy groups -OCH3 is 1. The summed E-state index contributed by atoms with van der Waals surface area (Å²) in [5.74, 6) is -0.917. The van der Waals surface area contributed by atoms with Crippen molar-refractivity contribution in [2.45, 2.75) is 64.3 Å². The van der Waals surface area contributed by atoms with Crippen LogP contribution in [0.25, 0.3) is 0 Å². The van der Waals surface area contributed by atoms with E-state index in [4.69, 9.17) is 9.47 Å². The van der Waals surface area contributed by atoms with E-state index in [0.29, 0.717) is 24.3 Å². The van der Waals surface area contributed by atoms with E-state index in [2.05, 4.69) is 13.8 Å². The number of aliphatic hydroxyl groups is 1. The van der Waals surface area contributed by atoms with Gasteiger partial charge in [0.2, 0.25) is 5.79 Å². The van der Waals surface area contributed by atoms with E-state index in [1.165, 1.54) is 0 Å². The first kappa shape index (κ1) is 14.1. The van der Waals surface area contributed by atoms with Crippen LogP contribution in [0.1, 0.15) is 52.9 Å². The lowest BCUT2D eigenvalue weighted by Crippen LogP contribution is -2.62. The molecule has 4 atom stereocenters. The number of carbonyl (C=O) groups is 1. The van der Waals surface area contributed by atoms with Crippen molar-refractivity contribution in [3.05, 3.63) is 11.1 Å². The zero-order valence-corrected chi connectivity index (χ0v) is 12.8. The number of ether oxygens (including phenoxy) is 2. The van der Waals surface area contributed by atoms with Crippen LogP contribution in [0.2, 0.25) is 0 Å². The van der Waals surface area contributed by atoms with E-state index in [-0.39, 0.29) is 11.4 Å². The Bertz CT molecular complexity index is 497. The Morgan fingerprint density at radius 1 is 1.45 bits per heavy atom. The van der Waals surface area contributed by atoms with Gasteiger partial charge in [0.05, 0.1) is 5.60 Å². The Kier molecular flexibility index (Phi) is 2.87. The Hall–Kier alpha value is -0.870. The maximum atomic E-state index is 12.0. The van der Waals surface area contributed by atoms with Gasteiger partial charge < -0.3 is 14.6 Å². The molecule has 2 fully saturated rings. The second-order valence-electron chi connectivity index (χ2n) is 7.05. The number of carbonyl (C=O) groups excluding carboxylic acids is 1. The minimum absolute atomic E-state index is 0.210. The third-order valence-electron chi connectivity index (χ3n) is 6.25. The smallest absolute Gasteiger partial charge is 0.336 e. The molecule has 0 aromatic rings. The van der Waals surface area contributed by atoms with Gasteiger partial charge in [-0.15, -0.1) is 0 Å². The van der Waals surface area contributed by atoms with Crippen LogP contribution in [-0.4, -0.2) is 29.6 Å². The predicted octanol–water partition coefficient (Wildman–Crippen LogP) is 2.55. The van der Waals surface area contributed by atoms with Crippen molar-refractivity contribution in [1.82, 2.24) is 0 Å². The molecule has 3 rings (SSSR count). The number of rotatable bonds is 1. The fourth-order valence-corrected chi connectivity index (χ4v) is 4.49. The Morgan fingerprint density at radius 3 is 2.80 bits per heavy atom. The maximum absolute atomic E-state index is 12.0. The number of hydrogen-bond acceptors (Lipinski definition) is 4. The molecule has 4 heteroatoms. The largest absolute Gasteiger partial charge is 0.425 e. The molecule has 112 valence electrons. The Labute approximate surface area is 120 Å². The first-order chi connectivity index (χ1) is 9.28. The standard InChI is InChI=1S/C16H24O4/c1-10-6-5-7-15(18)9-16(19-4)12(8-14(10,15)3)11(2)13(17)20-16/h10,18H,5-9H2,1-4H3/t10-,14+,15-,16-/m0/s1. The molecule has 0 radical (unpaired) electrons. The van der Waals surface area contributed by atoms with Gasteiger partial charge >= 0.3 is 5.97 Å². The molecule has 3 aliphatic rings. The highest BCUT2D eigenvalue weighted by molar-refractivity contribution is 5.92.